The van der Waals surface area contributed by atoms with Crippen LogP contribution in [0.4, 0.5) is 8.78 Å². The maximum absolute atomic E-state index is 12.1. The Bertz CT molecular complexity index is 357. The maximum atomic E-state index is 12.1. The van der Waals surface area contributed by atoms with Crippen LogP contribution in [0, 0.1) is 0 Å². The van der Waals surface area contributed by atoms with Gasteiger partial charge in [-0.1, -0.05) is 26.0 Å². The van der Waals surface area contributed by atoms with E-state index in [4.69, 9.17) is 5.73 Å². The van der Waals surface area contributed by atoms with Gasteiger partial charge in [0.25, 0.3) is 0 Å². The number of nitrogens with zero attached hydrogens (tertiary/aromatic N) is 1. The summed E-state index contributed by atoms with van der Waals surface area (Å²) in [7, 11) is 0. The second kappa shape index (κ2) is 8.07. The van der Waals surface area contributed by atoms with Gasteiger partial charge >= 0.3 is 6.61 Å². The molecular weight excluding hydrogens is 250 g/mol. The molecule has 2 N–H and O–H groups in total. The summed E-state index contributed by atoms with van der Waals surface area (Å²) in [5.74, 6) is 0.174. The molecule has 0 aliphatic carbocycles. The van der Waals surface area contributed by atoms with Gasteiger partial charge in [-0.3, -0.25) is 4.90 Å². The molecule has 0 aliphatic heterocycles. The first-order valence-electron chi connectivity index (χ1n) is 6.61. The van der Waals surface area contributed by atoms with Gasteiger partial charge in [0.05, 0.1) is 0 Å². The number of rotatable bonds is 8. The van der Waals surface area contributed by atoms with Gasteiger partial charge in [-0.05, 0) is 37.2 Å². The van der Waals surface area contributed by atoms with E-state index in [1.807, 2.05) is 0 Å². The number of halogens is 2. The maximum Gasteiger partial charge on any atom is 0.387 e. The third kappa shape index (κ3) is 4.76. The number of likely N-dealkylation sites (N-methyl/N-ethyl adjacent to an activating group) is 1. The standard InChI is InChI=1S/C14H22F2N2O/c1-3-9-18(4-2)13(10-17)11-5-7-12(8-6-11)19-14(15)16/h5-8,13-14H,3-4,9-10,17H2,1-2H3. The van der Waals surface area contributed by atoms with Crippen molar-refractivity contribution in [3.63, 3.8) is 0 Å². The zero-order valence-electron chi connectivity index (χ0n) is 11.5. The number of ether oxygens (including phenoxy) is 1. The van der Waals surface area contributed by atoms with E-state index in [0.717, 1.165) is 25.1 Å². The molecule has 19 heavy (non-hydrogen) atoms. The smallest absolute Gasteiger partial charge is 0.387 e. The molecule has 0 aliphatic rings. The summed E-state index contributed by atoms with van der Waals surface area (Å²) in [6.45, 7) is 3.80. The second-order valence-corrected chi connectivity index (χ2v) is 4.33. The lowest BCUT2D eigenvalue weighted by atomic mass is 10.0. The highest BCUT2D eigenvalue weighted by Gasteiger charge is 2.17. The number of alkyl halides is 2. The van der Waals surface area contributed by atoms with Gasteiger partial charge in [-0.2, -0.15) is 8.78 Å². The van der Waals surface area contributed by atoms with Gasteiger partial charge in [0.2, 0.25) is 0 Å². The van der Waals surface area contributed by atoms with E-state index < -0.39 is 6.61 Å². The molecule has 0 saturated carbocycles. The van der Waals surface area contributed by atoms with Crippen molar-refractivity contribution < 1.29 is 13.5 Å². The fraction of sp³-hybridized carbons (Fsp3) is 0.571. The van der Waals surface area contributed by atoms with E-state index >= 15 is 0 Å². The first kappa shape index (κ1) is 15.9. The number of benzene rings is 1. The molecule has 5 heteroatoms. The van der Waals surface area contributed by atoms with E-state index in [1.54, 1.807) is 24.3 Å². The van der Waals surface area contributed by atoms with Crippen molar-refractivity contribution in [3.8, 4) is 5.75 Å². The highest BCUT2D eigenvalue weighted by Crippen LogP contribution is 2.23. The van der Waals surface area contributed by atoms with Gasteiger partial charge in [-0.15, -0.1) is 0 Å². The lowest BCUT2D eigenvalue weighted by Crippen LogP contribution is -2.34. The summed E-state index contributed by atoms with van der Waals surface area (Å²) in [5, 5.41) is 0. The van der Waals surface area contributed by atoms with E-state index in [0.29, 0.717) is 6.54 Å². The molecule has 1 unspecified atom stereocenters. The summed E-state index contributed by atoms with van der Waals surface area (Å²) in [4.78, 5) is 2.28. The van der Waals surface area contributed by atoms with E-state index in [9.17, 15) is 8.78 Å². The molecule has 1 atom stereocenters. The lowest BCUT2D eigenvalue weighted by Gasteiger charge is -2.29. The normalized spacial score (nSPS) is 13.0. The second-order valence-electron chi connectivity index (χ2n) is 4.33. The van der Waals surface area contributed by atoms with Crippen molar-refractivity contribution in [2.24, 2.45) is 5.73 Å². The molecule has 0 aromatic heterocycles. The minimum Gasteiger partial charge on any atom is -0.435 e. The Morgan fingerprint density at radius 3 is 2.26 bits per heavy atom. The van der Waals surface area contributed by atoms with Crippen molar-refractivity contribution in [1.29, 1.82) is 0 Å². The van der Waals surface area contributed by atoms with Crippen molar-refractivity contribution in [3.05, 3.63) is 29.8 Å². The summed E-state index contributed by atoms with van der Waals surface area (Å²) in [6, 6.07) is 6.83. The van der Waals surface area contributed by atoms with Crippen molar-refractivity contribution in [2.75, 3.05) is 19.6 Å². The Hall–Kier alpha value is -1.20. The molecule has 3 nitrogen and oxygen atoms in total. The Balaban J connectivity index is 2.80. The van der Waals surface area contributed by atoms with Crippen LogP contribution in [0.25, 0.3) is 0 Å². The Labute approximate surface area is 113 Å². The van der Waals surface area contributed by atoms with Crippen LogP contribution in [0.3, 0.4) is 0 Å². The van der Waals surface area contributed by atoms with Crippen LogP contribution in [0.5, 0.6) is 5.75 Å². The van der Waals surface area contributed by atoms with Crippen LogP contribution < -0.4 is 10.5 Å². The molecule has 108 valence electrons. The minimum absolute atomic E-state index is 0.116. The molecule has 1 rings (SSSR count). The van der Waals surface area contributed by atoms with Crippen molar-refractivity contribution in [1.82, 2.24) is 4.90 Å². The van der Waals surface area contributed by atoms with Gasteiger partial charge < -0.3 is 10.5 Å². The molecule has 0 saturated heterocycles. The quantitative estimate of drug-likeness (QED) is 0.790. The fourth-order valence-corrected chi connectivity index (χ4v) is 2.19. The van der Waals surface area contributed by atoms with Crippen molar-refractivity contribution in [2.45, 2.75) is 32.9 Å². The average molecular weight is 272 g/mol. The van der Waals surface area contributed by atoms with E-state index in [1.165, 1.54) is 0 Å². The SMILES string of the molecule is CCCN(CC)C(CN)c1ccc(OC(F)F)cc1. The van der Waals surface area contributed by atoms with Gasteiger partial charge in [0.1, 0.15) is 5.75 Å². The Morgan fingerprint density at radius 2 is 1.84 bits per heavy atom. The van der Waals surface area contributed by atoms with Gasteiger partial charge in [0, 0.05) is 12.6 Å². The largest absolute Gasteiger partial charge is 0.435 e. The molecule has 0 bridgehead atoms. The van der Waals surface area contributed by atoms with Crippen LogP contribution in [0.1, 0.15) is 31.9 Å². The average Bonchev–Trinajstić information content (AvgIpc) is 2.39. The van der Waals surface area contributed by atoms with Crippen LogP contribution in [0.2, 0.25) is 0 Å². The van der Waals surface area contributed by atoms with Crippen molar-refractivity contribution >= 4 is 0 Å². The van der Waals surface area contributed by atoms with Gasteiger partial charge in [-0.25, -0.2) is 0 Å². The third-order valence-corrected chi connectivity index (χ3v) is 3.07. The molecular formula is C14H22F2N2O. The summed E-state index contributed by atoms with van der Waals surface area (Å²) in [6.07, 6.45) is 1.05. The summed E-state index contributed by atoms with van der Waals surface area (Å²) >= 11 is 0. The summed E-state index contributed by atoms with van der Waals surface area (Å²) in [5.41, 5.74) is 6.86. The zero-order valence-corrected chi connectivity index (χ0v) is 11.5. The van der Waals surface area contributed by atoms with Crippen LogP contribution in [-0.4, -0.2) is 31.1 Å². The molecule has 1 aromatic carbocycles. The van der Waals surface area contributed by atoms with Gasteiger partial charge in [0.15, 0.2) is 0 Å². The number of hydrogen-bond acceptors (Lipinski definition) is 3. The monoisotopic (exact) mass is 272 g/mol. The zero-order chi connectivity index (χ0) is 14.3. The molecule has 0 fully saturated rings. The summed E-state index contributed by atoms with van der Waals surface area (Å²) < 4.78 is 28.5. The van der Waals surface area contributed by atoms with E-state index in [2.05, 4.69) is 23.5 Å². The first-order chi connectivity index (χ1) is 9.12. The van der Waals surface area contributed by atoms with Crippen LogP contribution in [0.15, 0.2) is 24.3 Å². The molecule has 0 amide bonds. The topological polar surface area (TPSA) is 38.5 Å². The first-order valence-corrected chi connectivity index (χ1v) is 6.61. The fourth-order valence-electron chi connectivity index (χ4n) is 2.19. The highest BCUT2D eigenvalue weighted by molar-refractivity contribution is 5.29. The molecule has 1 aromatic rings. The highest BCUT2D eigenvalue weighted by atomic mass is 19.3. The molecule has 0 spiro atoms. The Kier molecular flexibility index (Phi) is 6.73. The van der Waals surface area contributed by atoms with E-state index in [-0.39, 0.29) is 11.8 Å². The minimum atomic E-state index is -2.79. The number of nitrogens with two attached hydrogens (primary N) is 1. The lowest BCUT2D eigenvalue weighted by molar-refractivity contribution is -0.0498. The van der Waals surface area contributed by atoms with Crippen LogP contribution in [-0.2, 0) is 0 Å². The molecule has 0 radical (unpaired) electrons. The third-order valence-electron chi connectivity index (χ3n) is 3.07. The predicted octanol–water partition coefficient (Wildman–Crippen LogP) is 3.02. The van der Waals surface area contributed by atoms with Crippen LogP contribution >= 0.6 is 0 Å². The predicted molar refractivity (Wildman–Crippen MR) is 72.4 cm³/mol. The molecule has 0 heterocycles. The Morgan fingerprint density at radius 1 is 1.21 bits per heavy atom. The number of hydrogen-bond donors (Lipinski definition) is 1.